The number of hydrogen-bond acceptors (Lipinski definition) is 5. The molecular formula is C27H33N3O3S. The van der Waals surface area contributed by atoms with Crippen LogP contribution in [0.1, 0.15) is 42.6 Å². The van der Waals surface area contributed by atoms with E-state index in [4.69, 9.17) is 4.74 Å². The predicted molar refractivity (Wildman–Crippen MR) is 138 cm³/mol. The zero-order valence-electron chi connectivity index (χ0n) is 20.1. The van der Waals surface area contributed by atoms with Crippen molar-refractivity contribution in [2.45, 2.75) is 31.6 Å². The summed E-state index contributed by atoms with van der Waals surface area (Å²) in [7, 11) is 1.62. The minimum atomic E-state index is -0.170. The fourth-order valence-corrected chi connectivity index (χ4v) is 5.67. The minimum Gasteiger partial charge on any atom is -0.497 e. The zero-order chi connectivity index (χ0) is 24.1. The zero-order valence-corrected chi connectivity index (χ0v) is 20.9. The molecule has 6 nitrogen and oxygen atoms in total. The molecule has 2 unspecified atom stereocenters. The van der Waals surface area contributed by atoms with Crippen LogP contribution in [0.15, 0.2) is 52.3 Å². The number of carbonyl (C=O) groups excluding carboxylic acids is 2. The number of likely N-dealkylation sites (tertiary alicyclic amines) is 1. The highest BCUT2D eigenvalue weighted by Crippen LogP contribution is 2.39. The molecule has 0 saturated carbocycles. The van der Waals surface area contributed by atoms with Gasteiger partial charge in [-0.15, -0.1) is 0 Å². The van der Waals surface area contributed by atoms with Crippen molar-refractivity contribution in [3.63, 3.8) is 0 Å². The fraction of sp³-hybridized carbons (Fsp3) is 0.407. The van der Waals surface area contributed by atoms with Crippen LogP contribution in [0, 0.1) is 11.8 Å². The second kappa shape index (κ2) is 11.1. The minimum absolute atomic E-state index is 0.109. The first-order valence-corrected chi connectivity index (χ1v) is 12.7. The molecule has 180 valence electrons. The SMILES string of the molecule is COc1ccc(/C=C2/Sc3ccc(C(=O)NCCCN4CC(C)CC(C)C4)cc3NC2=O)cc1. The topological polar surface area (TPSA) is 70.7 Å². The molecule has 2 aromatic rings. The number of amides is 2. The summed E-state index contributed by atoms with van der Waals surface area (Å²) in [6.45, 7) is 8.58. The van der Waals surface area contributed by atoms with Gasteiger partial charge in [-0.2, -0.15) is 0 Å². The van der Waals surface area contributed by atoms with E-state index in [-0.39, 0.29) is 11.8 Å². The van der Waals surface area contributed by atoms with Crippen LogP contribution in [0.2, 0.25) is 0 Å². The molecule has 1 saturated heterocycles. The van der Waals surface area contributed by atoms with Crippen LogP contribution in [0.25, 0.3) is 6.08 Å². The number of thioether (sulfide) groups is 1. The lowest BCUT2D eigenvalue weighted by atomic mass is 9.92. The molecule has 2 aliphatic rings. The van der Waals surface area contributed by atoms with Crippen molar-refractivity contribution in [2.24, 2.45) is 11.8 Å². The first-order valence-electron chi connectivity index (χ1n) is 11.9. The van der Waals surface area contributed by atoms with E-state index in [2.05, 4.69) is 29.4 Å². The van der Waals surface area contributed by atoms with Gasteiger partial charge in [-0.25, -0.2) is 0 Å². The van der Waals surface area contributed by atoms with Crippen molar-refractivity contribution in [3.8, 4) is 5.75 Å². The van der Waals surface area contributed by atoms with Crippen molar-refractivity contribution in [2.75, 3.05) is 38.6 Å². The number of piperidine rings is 1. The van der Waals surface area contributed by atoms with Crippen LogP contribution >= 0.6 is 11.8 Å². The van der Waals surface area contributed by atoms with Crippen molar-refractivity contribution in [1.29, 1.82) is 0 Å². The molecule has 7 heteroatoms. The highest BCUT2D eigenvalue weighted by molar-refractivity contribution is 8.04. The summed E-state index contributed by atoms with van der Waals surface area (Å²) >= 11 is 1.41. The number of hydrogen-bond donors (Lipinski definition) is 2. The van der Waals surface area contributed by atoms with Crippen molar-refractivity contribution in [3.05, 3.63) is 58.5 Å². The summed E-state index contributed by atoms with van der Waals surface area (Å²) in [5, 5.41) is 5.95. The Hall–Kier alpha value is -2.77. The first-order chi connectivity index (χ1) is 16.4. The van der Waals surface area contributed by atoms with Crippen molar-refractivity contribution >= 4 is 35.3 Å². The van der Waals surface area contributed by atoms with Gasteiger partial charge in [0.25, 0.3) is 11.8 Å². The number of nitrogens with one attached hydrogen (secondary N) is 2. The Labute approximate surface area is 206 Å². The molecular weight excluding hydrogens is 446 g/mol. The summed E-state index contributed by atoms with van der Waals surface area (Å²) in [5.74, 6) is 1.98. The predicted octanol–water partition coefficient (Wildman–Crippen LogP) is 4.88. The Balaban J connectivity index is 1.32. The number of anilines is 1. The van der Waals surface area contributed by atoms with Crippen LogP contribution < -0.4 is 15.4 Å². The van der Waals surface area contributed by atoms with E-state index in [1.165, 1.54) is 18.2 Å². The summed E-state index contributed by atoms with van der Waals surface area (Å²) < 4.78 is 5.18. The lowest BCUT2D eigenvalue weighted by molar-refractivity contribution is -0.112. The fourth-order valence-electron chi connectivity index (χ4n) is 4.73. The Kier molecular flexibility index (Phi) is 7.95. The van der Waals surface area contributed by atoms with Gasteiger partial charge < -0.3 is 20.3 Å². The maximum absolute atomic E-state index is 12.7. The molecule has 0 aromatic heterocycles. The molecule has 2 amide bonds. The average molecular weight is 480 g/mol. The van der Waals surface area contributed by atoms with Gasteiger partial charge in [0.1, 0.15) is 5.75 Å². The second-order valence-corrected chi connectivity index (χ2v) is 10.4. The molecule has 34 heavy (non-hydrogen) atoms. The van der Waals surface area contributed by atoms with Gasteiger partial charge >= 0.3 is 0 Å². The van der Waals surface area contributed by atoms with E-state index >= 15 is 0 Å². The summed E-state index contributed by atoms with van der Waals surface area (Å²) in [6.07, 6.45) is 4.09. The molecule has 2 aliphatic heterocycles. The van der Waals surface area contributed by atoms with Gasteiger partial charge in [-0.1, -0.05) is 37.7 Å². The molecule has 0 bridgehead atoms. The number of nitrogens with zero attached hydrogens (tertiary/aromatic N) is 1. The van der Waals surface area contributed by atoms with Crippen LogP contribution in [0.4, 0.5) is 5.69 Å². The highest BCUT2D eigenvalue weighted by Gasteiger charge is 2.23. The van der Waals surface area contributed by atoms with Crippen molar-refractivity contribution in [1.82, 2.24) is 10.2 Å². The van der Waals surface area contributed by atoms with Gasteiger partial charge in [0, 0.05) is 30.1 Å². The summed E-state index contributed by atoms with van der Waals surface area (Å²) in [4.78, 5) is 29.3. The number of methoxy groups -OCH3 is 1. The lowest BCUT2D eigenvalue weighted by Gasteiger charge is -2.34. The summed E-state index contributed by atoms with van der Waals surface area (Å²) in [6, 6.07) is 13.0. The molecule has 0 spiro atoms. The molecule has 2 aromatic carbocycles. The number of benzene rings is 2. The Morgan fingerprint density at radius 3 is 2.62 bits per heavy atom. The molecule has 1 fully saturated rings. The molecule has 4 rings (SSSR count). The number of fused-ring (bicyclic) bond motifs is 1. The highest BCUT2D eigenvalue weighted by atomic mass is 32.2. The van der Waals surface area contributed by atoms with E-state index < -0.39 is 0 Å². The molecule has 2 atom stereocenters. The summed E-state index contributed by atoms with van der Waals surface area (Å²) in [5.41, 5.74) is 2.15. The number of rotatable bonds is 7. The lowest BCUT2D eigenvalue weighted by Crippen LogP contribution is -2.40. The maximum Gasteiger partial charge on any atom is 0.262 e. The van der Waals surface area contributed by atoms with Crippen LogP contribution in [-0.4, -0.2) is 50.0 Å². The standard InChI is InChI=1S/C27H33N3O3S/c1-18-13-19(2)17-30(16-18)12-4-11-28-26(31)21-7-10-24-23(15-21)29-27(32)25(34-24)14-20-5-8-22(33-3)9-6-20/h5-10,14-15,18-19H,4,11-13,16-17H2,1-3H3,(H,28,31)(H,29,32)/b25-14+. The Morgan fingerprint density at radius 2 is 1.91 bits per heavy atom. The second-order valence-electron chi connectivity index (χ2n) is 9.36. The molecule has 0 aliphatic carbocycles. The third-order valence-electron chi connectivity index (χ3n) is 6.23. The van der Waals surface area contributed by atoms with E-state index in [1.807, 2.05) is 42.5 Å². The van der Waals surface area contributed by atoms with E-state index in [9.17, 15) is 9.59 Å². The molecule has 0 radical (unpaired) electrons. The van der Waals surface area contributed by atoms with Crippen molar-refractivity contribution < 1.29 is 14.3 Å². The molecule has 2 N–H and O–H groups in total. The largest absolute Gasteiger partial charge is 0.497 e. The third kappa shape index (κ3) is 6.21. The molecule has 2 heterocycles. The van der Waals surface area contributed by atoms with Gasteiger partial charge in [0.15, 0.2) is 0 Å². The Morgan fingerprint density at radius 1 is 1.18 bits per heavy atom. The normalized spacial score (nSPS) is 21.6. The number of carbonyl (C=O) groups is 2. The smallest absolute Gasteiger partial charge is 0.262 e. The Bertz CT molecular complexity index is 1060. The van der Waals surface area contributed by atoms with E-state index in [0.29, 0.717) is 22.7 Å². The van der Waals surface area contributed by atoms with E-state index in [1.54, 1.807) is 13.2 Å². The van der Waals surface area contributed by atoms with Crippen LogP contribution in [-0.2, 0) is 4.79 Å². The van der Waals surface area contributed by atoms with Crippen LogP contribution in [0.3, 0.4) is 0 Å². The average Bonchev–Trinajstić information content (AvgIpc) is 2.82. The number of ether oxygens (including phenoxy) is 1. The first kappa shape index (κ1) is 24.4. The van der Waals surface area contributed by atoms with E-state index in [0.717, 1.165) is 54.1 Å². The quantitative estimate of drug-likeness (QED) is 0.438. The maximum atomic E-state index is 12.7. The van der Waals surface area contributed by atoms with Gasteiger partial charge in [0.05, 0.1) is 17.7 Å². The third-order valence-corrected chi connectivity index (χ3v) is 7.33. The van der Waals surface area contributed by atoms with Gasteiger partial charge in [0.2, 0.25) is 0 Å². The van der Waals surface area contributed by atoms with Crippen LogP contribution in [0.5, 0.6) is 5.75 Å². The monoisotopic (exact) mass is 479 g/mol. The van der Waals surface area contributed by atoms with Gasteiger partial charge in [-0.05, 0) is 73.2 Å². The van der Waals surface area contributed by atoms with Gasteiger partial charge in [-0.3, -0.25) is 9.59 Å².